The normalized spacial score (nSPS) is 13.9. The zero-order valence-corrected chi connectivity index (χ0v) is 8.59. The molecule has 0 heterocycles. The molecular weight excluding hydrogens is 227 g/mol. The molecule has 0 radical (unpaired) electrons. The third-order valence-corrected chi connectivity index (χ3v) is 2.47. The van der Waals surface area contributed by atoms with E-state index >= 15 is 0 Å². The van der Waals surface area contributed by atoms with E-state index in [0.29, 0.717) is 10.6 Å². The summed E-state index contributed by atoms with van der Waals surface area (Å²) in [5.41, 5.74) is 0.623. The van der Waals surface area contributed by atoms with Crippen molar-refractivity contribution in [2.75, 3.05) is 0 Å². The second-order valence-electron chi connectivity index (χ2n) is 3.32. The number of rotatable bonds is 4. The van der Waals surface area contributed by atoms with Crippen LogP contribution >= 0.6 is 11.6 Å². The average molecular weight is 237 g/mol. The van der Waals surface area contributed by atoms with Gasteiger partial charge in [0.2, 0.25) is 0 Å². The quantitative estimate of drug-likeness (QED) is 0.798. The van der Waals surface area contributed by atoms with Crippen LogP contribution in [0.2, 0.25) is 5.02 Å². The van der Waals surface area contributed by atoms with Gasteiger partial charge in [0.05, 0.1) is 0 Å². The lowest BCUT2D eigenvalue weighted by Crippen LogP contribution is -2.35. The highest BCUT2D eigenvalue weighted by Gasteiger charge is 2.32. The fraction of sp³-hybridized carbons (Fsp3) is 0.333. The number of aliphatic hydroxyl groups excluding tert-OH is 1. The Morgan fingerprint density at radius 1 is 1.27 bits per heavy atom. The largest absolute Gasteiger partial charge is 0.506 e. The predicted molar refractivity (Wildman–Crippen MR) is 54.9 cm³/mol. The van der Waals surface area contributed by atoms with Crippen LogP contribution in [-0.4, -0.2) is 18.1 Å². The third-order valence-electron chi connectivity index (χ3n) is 2.10. The van der Waals surface area contributed by atoms with Gasteiger partial charge < -0.3 is 18.1 Å². The Hall–Kier alpha value is -0.675. The Morgan fingerprint density at radius 2 is 1.87 bits per heavy atom. The molecule has 1 unspecified atom stereocenters. The Kier molecular flexibility index (Phi) is 4.05. The maximum Gasteiger partial charge on any atom is 0.506 e. The van der Waals surface area contributed by atoms with Gasteiger partial charge in [-0.3, -0.25) is 0 Å². The molecule has 0 spiro atoms. The number of aliphatic hydroxyl groups is 1. The second kappa shape index (κ2) is 4.90. The van der Waals surface area contributed by atoms with E-state index in [4.69, 9.17) is 16.7 Å². The Labute approximate surface area is 90.9 Å². The summed E-state index contributed by atoms with van der Waals surface area (Å²) in [7, 11) is 0. The first kappa shape index (κ1) is 12.4. The van der Waals surface area contributed by atoms with E-state index in [0.717, 1.165) is 0 Å². The zero-order valence-electron chi connectivity index (χ0n) is 7.84. The Morgan fingerprint density at radius 3 is 2.40 bits per heavy atom. The van der Waals surface area contributed by atoms with Crippen LogP contribution in [0.4, 0.5) is 12.9 Å². The number of benzene rings is 1. The standard InChI is InChI=1S/C9H10BClF3O/c11-8-4-2-1-3-7(8)5-6-9(15)10(12,13)14/h1-4,9,15H,5-6H2/q-1. The van der Waals surface area contributed by atoms with E-state index in [2.05, 4.69) is 0 Å². The van der Waals surface area contributed by atoms with Gasteiger partial charge in [-0.05, 0) is 24.5 Å². The summed E-state index contributed by atoms with van der Waals surface area (Å²) in [5, 5.41) is 9.23. The van der Waals surface area contributed by atoms with Gasteiger partial charge in [0.25, 0.3) is 0 Å². The van der Waals surface area contributed by atoms with Crippen molar-refractivity contribution in [1.82, 2.24) is 0 Å². The second-order valence-corrected chi connectivity index (χ2v) is 3.73. The van der Waals surface area contributed by atoms with Crippen molar-refractivity contribution in [3.05, 3.63) is 34.9 Å². The summed E-state index contributed by atoms with van der Waals surface area (Å²) >= 11 is 5.76. The molecule has 1 N–H and O–H groups in total. The van der Waals surface area contributed by atoms with Crippen molar-refractivity contribution in [2.45, 2.75) is 18.8 Å². The first-order valence-electron chi connectivity index (χ1n) is 4.52. The highest BCUT2D eigenvalue weighted by atomic mass is 35.5. The maximum absolute atomic E-state index is 12.0. The van der Waals surface area contributed by atoms with Crippen LogP contribution in [0.3, 0.4) is 0 Å². The van der Waals surface area contributed by atoms with Crippen LogP contribution in [0.1, 0.15) is 12.0 Å². The molecule has 0 aliphatic heterocycles. The molecule has 6 heteroatoms. The Balaban J connectivity index is 2.55. The van der Waals surface area contributed by atoms with Gasteiger partial charge in [-0.1, -0.05) is 29.8 Å². The van der Waals surface area contributed by atoms with Crippen molar-refractivity contribution < 1.29 is 18.1 Å². The van der Waals surface area contributed by atoms with Gasteiger partial charge in [-0.15, -0.1) is 0 Å². The van der Waals surface area contributed by atoms with Gasteiger partial charge in [0.1, 0.15) is 0 Å². The van der Waals surface area contributed by atoms with E-state index in [-0.39, 0.29) is 12.8 Å². The first-order valence-corrected chi connectivity index (χ1v) is 4.90. The molecule has 1 aromatic carbocycles. The van der Waals surface area contributed by atoms with Gasteiger partial charge in [0.15, 0.2) is 0 Å². The fourth-order valence-electron chi connectivity index (χ4n) is 1.19. The summed E-state index contributed by atoms with van der Waals surface area (Å²) in [4.78, 5) is 0. The number of aryl methyl sites for hydroxylation is 1. The average Bonchev–Trinajstić information content (AvgIpc) is 2.14. The summed E-state index contributed by atoms with van der Waals surface area (Å²) in [6.45, 7) is -5.17. The summed E-state index contributed by atoms with van der Waals surface area (Å²) < 4.78 is 36.1. The molecule has 0 aliphatic carbocycles. The lowest BCUT2D eigenvalue weighted by atomic mass is 9.79. The van der Waals surface area contributed by atoms with E-state index < -0.39 is 13.0 Å². The van der Waals surface area contributed by atoms with Crippen molar-refractivity contribution in [2.24, 2.45) is 0 Å². The molecule has 0 saturated heterocycles. The first-order chi connectivity index (χ1) is 6.91. The summed E-state index contributed by atoms with van der Waals surface area (Å²) in [6, 6.07) is 4.45. The van der Waals surface area contributed by atoms with Gasteiger partial charge in [-0.2, -0.15) is 0 Å². The monoisotopic (exact) mass is 237 g/mol. The molecule has 84 valence electrons. The van der Waals surface area contributed by atoms with E-state index in [1.807, 2.05) is 0 Å². The molecule has 15 heavy (non-hydrogen) atoms. The summed E-state index contributed by atoms with van der Waals surface area (Å²) in [6.07, 6.45) is -0.213. The highest BCUT2D eigenvalue weighted by molar-refractivity contribution is 6.59. The molecule has 1 aromatic rings. The zero-order chi connectivity index (χ0) is 11.5. The maximum atomic E-state index is 12.0. The fourth-order valence-corrected chi connectivity index (χ4v) is 1.42. The van der Waals surface area contributed by atoms with E-state index in [9.17, 15) is 12.9 Å². The third kappa shape index (κ3) is 3.76. The lowest BCUT2D eigenvalue weighted by molar-refractivity contribution is 0.185. The molecular formula is C9H10BClF3O-. The summed E-state index contributed by atoms with van der Waals surface area (Å²) in [5.74, 6) is 0. The van der Waals surface area contributed by atoms with Gasteiger partial charge in [0, 0.05) is 11.0 Å². The predicted octanol–water partition coefficient (Wildman–Crippen LogP) is 3.02. The van der Waals surface area contributed by atoms with Crippen molar-refractivity contribution in [3.63, 3.8) is 0 Å². The SMILES string of the molecule is OC(CCc1ccccc1Cl)[B-](F)(F)F. The highest BCUT2D eigenvalue weighted by Crippen LogP contribution is 2.21. The Bertz CT molecular complexity index is 329. The molecule has 1 nitrogen and oxygen atoms in total. The molecule has 0 aromatic heterocycles. The number of hydrogen-bond donors (Lipinski definition) is 1. The smallest absolute Gasteiger partial charge is 0.447 e. The lowest BCUT2D eigenvalue weighted by Gasteiger charge is -2.21. The van der Waals surface area contributed by atoms with Crippen LogP contribution < -0.4 is 0 Å². The van der Waals surface area contributed by atoms with E-state index in [1.54, 1.807) is 24.3 Å². The van der Waals surface area contributed by atoms with Gasteiger partial charge in [-0.25, -0.2) is 0 Å². The minimum absolute atomic E-state index is 0.127. The van der Waals surface area contributed by atoms with Crippen LogP contribution in [0.15, 0.2) is 24.3 Å². The van der Waals surface area contributed by atoms with Gasteiger partial charge >= 0.3 is 6.98 Å². The van der Waals surface area contributed by atoms with Crippen LogP contribution in [0, 0.1) is 0 Å². The number of halogens is 4. The topological polar surface area (TPSA) is 20.2 Å². The van der Waals surface area contributed by atoms with Crippen molar-refractivity contribution in [1.29, 1.82) is 0 Å². The molecule has 0 saturated carbocycles. The molecule has 0 bridgehead atoms. The van der Waals surface area contributed by atoms with Crippen LogP contribution in [0.25, 0.3) is 0 Å². The minimum atomic E-state index is -5.17. The minimum Gasteiger partial charge on any atom is -0.447 e. The van der Waals surface area contributed by atoms with Crippen LogP contribution in [0.5, 0.6) is 0 Å². The molecule has 0 fully saturated rings. The molecule has 1 atom stereocenters. The number of hydrogen-bond acceptors (Lipinski definition) is 1. The van der Waals surface area contributed by atoms with Crippen molar-refractivity contribution >= 4 is 18.6 Å². The molecule has 1 rings (SSSR count). The molecule has 0 aliphatic rings. The molecule has 0 amide bonds. The van der Waals surface area contributed by atoms with Crippen LogP contribution in [-0.2, 0) is 6.42 Å². The van der Waals surface area contributed by atoms with E-state index in [1.165, 1.54) is 0 Å². The van der Waals surface area contributed by atoms with Crippen molar-refractivity contribution in [3.8, 4) is 0 Å².